The van der Waals surface area contributed by atoms with Crippen LogP contribution in [0.2, 0.25) is 0 Å². The summed E-state index contributed by atoms with van der Waals surface area (Å²) < 4.78 is 5.03. The van der Waals surface area contributed by atoms with Crippen molar-refractivity contribution in [2.75, 3.05) is 13.7 Å². The first-order valence-electron chi connectivity index (χ1n) is 9.11. The molecule has 0 saturated carbocycles. The molecule has 2 aromatic rings. The zero-order valence-corrected chi connectivity index (χ0v) is 15.1. The summed E-state index contributed by atoms with van der Waals surface area (Å²) in [5, 5.41) is 10.0. The lowest BCUT2D eigenvalue weighted by molar-refractivity contribution is 0.184. The average Bonchev–Trinajstić information content (AvgIpc) is 2.66. The Bertz CT molecular complexity index is 608. The second-order valence-electron chi connectivity index (χ2n) is 6.37. The molecule has 2 rings (SSSR count). The third-order valence-electron chi connectivity index (χ3n) is 4.26. The minimum Gasteiger partial charge on any atom is -0.389 e. The summed E-state index contributed by atoms with van der Waals surface area (Å²) in [5.41, 5.74) is 3.71. The molecular formula is C22H29NO2. The number of pyridine rings is 1. The van der Waals surface area contributed by atoms with Crippen molar-refractivity contribution in [3.05, 3.63) is 71.6 Å². The highest BCUT2D eigenvalue weighted by atomic mass is 16.5. The molecule has 1 aromatic heterocycles. The van der Waals surface area contributed by atoms with Crippen LogP contribution >= 0.6 is 0 Å². The summed E-state index contributed by atoms with van der Waals surface area (Å²) in [7, 11) is 1.72. The Morgan fingerprint density at radius 2 is 1.84 bits per heavy atom. The Hall–Kier alpha value is -1.97. The van der Waals surface area contributed by atoms with E-state index in [9.17, 15) is 5.11 Å². The van der Waals surface area contributed by atoms with E-state index in [1.54, 1.807) is 13.3 Å². The summed E-state index contributed by atoms with van der Waals surface area (Å²) in [6.45, 7) is 0.805. The molecule has 3 nitrogen and oxygen atoms in total. The van der Waals surface area contributed by atoms with Crippen molar-refractivity contribution in [3.8, 4) is 0 Å². The van der Waals surface area contributed by atoms with Crippen molar-refractivity contribution in [2.24, 2.45) is 0 Å². The summed E-state index contributed by atoms with van der Waals surface area (Å²) in [6, 6.07) is 12.6. The summed E-state index contributed by atoms with van der Waals surface area (Å²) in [4.78, 5) is 4.15. The second-order valence-corrected chi connectivity index (χ2v) is 6.37. The van der Waals surface area contributed by atoms with Gasteiger partial charge in [-0.2, -0.15) is 0 Å². The van der Waals surface area contributed by atoms with Gasteiger partial charge >= 0.3 is 0 Å². The number of hydrogen-bond donors (Lipinski definition) is 1. The number of methoxy groups -OCH3 is 1. The third kappa shape index (κ3) is 8.10. The molecule has 0 spiro atoms. The lowest BCUT2D eigenvalue weighted by Crippen LogP contribution is -2.01. The SMILES string of the molecule is COCCCCCC(O)C=Cc1ccc(CCc2cccnc2)cc1. The van der Waals surface area contributed by atoms with Crippen LogP contribution < -0.4 is 0 Å². The standard InChI is InChI=1S/C22H29NO2/c1-25-17-4-2-3-7-22(24)15-14-20-10-8-19(9-11-20)12-13-21-6-5-16-23-18-21/h5-6,8-11,14-16,18,22,24H,2-4,7,12-13,17H2,1H3. The van der Waals surface area contributed by atoms with E-state index in [1.807, 2.05) is 24.4 Å². The van der Waals surface area contributed by atoms with Crippen molar-refractivity contribution in [2.45, 2.75) is 44.6 Å². The Balaban J connectivity index is 1.71. The van der Waals surface area contributed by atoms with Gasteiger partial charge in [0, 0.05) is 26.1 Å². The Labute approximate surface area is 151 Å². The Kier molecular flexibility index (Phi) is 8.95. The fourth-order valence-electron chi connectivity index (χ4n) is 2.73. The van der Waals surface area contributed by atoms with Crippen LogP contribution in [0.15, 0.2) is 54.9 Å². The number of aliphatic hydroxyl groups is 1. The van der Waals surface area contributed by atoms with Gasteiger partial charge in [0.15, 0.2) is 0 Å². The topological polar surface area (TPSA) is 42.4 Å². The quantitative estimate of drug-likeness (QED) is 0.615. The zero-order valence-electron chi connectivity index (χ0n) is 15.1. The van der Waals surface area contributed by atoms with Crippen LogP contribution in [0.1, 0.15) is 42.4 Å². The molecule has 0 bridgehead atoms. The number of aromatic nitrogens is 1. The zero-order chi connectivity index (χ0) is 17.7. The van der Waals surface area contributed by atoms with Gasteiger partial charge < -0.3 is 9.84 Å². The van der Waals surface area contributed by atoms with Crippen LogP contribution in [0.5, 0.6) is 0 Å². The van der Waals surface area contributed by atoms with E-state index in [0.29, 0.717) is 0 Å². The number of unbranched alkanes of at least 4 members (excludes halogenated alkanes) is 2. The second kappa shape index (κ2) is 11.6. The maximum absolute atomic E-state index is 10.0. The van der Waals surface area contributed by atoms with E-state index in [-0.39, 0.29) is 6.10 Å². The highest BCUT2D eigenvalue weighted by Crippen LogP contribution is 2.11. The molecule has 0 fully saturated rings. The van der Waals surface area contributed by atoms with E-state index >= 15 is 0 Å². The van der Waals surface area contributed by atoms with Crippen LogP contribution in [0.4, 0.5) is 0 Å². The van der Waals surface area contributed by atoms with Crippen molar-refractivity contribution < 1.29 is 9.84 Å². The first kappa shape index (κ1) is 19.4. The number of aliphatic hydroxyl groups excluding tert-OH is 1. The molecule has 25 heavy (non-hydrogen) atoms. The summed E-state index contributed by atoms with van der Waals surface area (Å²) in [5.74, 6) is 0. The fourth-order valence-corrected chi connectivity index (χ4v) is 2.73. The van der Waals surface area contributed by atoms with Gasteiger partial charge in [-0.05, 0) is 48.4 Å². The van der Waals surface area contributed by atoms with Crippen LogP contribution in [0.3, 0.4) is 0 Å². The number of benzene rings is 1. The number of nitrogens with zero attached hydrogens (tertiary/aromatic N) is 1. The lowest BCUT2D eigenvalue weighted by Gasteiger charge is -2.06. The molecule has 1 N–H and O–H groups in total. The first-order chi connectivity index (χ1) is 12.3. The Morgan fingerprint density at radius 3 is 2.56 bits per heavy atom. The van der Waals surface area contributed by atoms with Crippen LogP contribution in [-0.2, 0) is 17.6 Å². The molecule has 0 aliphatic heterocycles. The van der Waals surface area contributed by atoms with Gasteiger partial charge in [0.25, 0.3) is 0 Å². The van der Waals surface area contributed by atoms with Crippen molar-refractivity contribution in [3.63, 3.8) is 0 Å². The predicted molar refractivity (Wildman–Crippen MR) is 103 cm³/mol. The maximum Gasteiger partial charge on any atom is 0.0724 e. The highest BCUT2D eigenvalue weighted by Gasteiger charge is 2.00. The fraction of sp³-hybridized carbons (Fsp3) is 0.409. The molecule has 0 radical (unpaired) electrons. The largest absolute Gasteiger partial charge is 0.389 e. The molecule has 0 aliphatic rings. The number of aryl methyl sites for hydroxylation is 2. The average molecular weight is 339 g/mol. The van der Waals surface area contributed by atoms with Gasteiger partial charge in [0.2, 0.25) is 0 Å². The molecule has 1 heterocycles. The van der Waals surface area contributed by atoms with E-state index in [2.05, 4.69) is 35.3 Å². The van der Waals surface area contributed by atoms with Crippen LogP contribution in [0, 0.1) is 0 Å². The molecule has 0 saturated heterocycles. The number of hydrogen-bond acceptors (Lipinski definition) is 3. The van der Waals surface area contributed by atoms with Gasteiger partial charge in [-0.1, -0.05) is 55.3 Å². The smallest absolute Gasteiger partial charge is 0.0724 e. The van der Waals surface area contributed by atoms with E-state index in [4.69, 9.17) is 4.74 Å². The molecule has 0 aliphatic carbocycles. The molecule has 1 atom stereocenters. The molecule has 3 heteroatoms. The first-order valence-corrected chi connectivity index (χ1v) is 9.11. The van der Waals surface area contributed by atoms with Gasteiger partial charge in [0.05, 0.1) is 6.10 Å². The van der Waals surface area contributed by atoms with Crippen LogP contribution in [-0.4, -0.2) is 29.9 Å². The molecule has 1 aromatic carbocycles. The maximum atomic E-state index is 10.0. The van der Waals surface area contributed by atoms with E-state index in [0.717, 1.165) is 50.7 Å². The summed E-state index contributed by atoms with van der Waals surface area (Å²) in [6.07, 6.45) is 13.3. The number of rotatable bonds is 11. The molecular weight excluding hydrogens is 310 g/mol. The van der Waals surface area contributed by atoms with Gasteiger partial charge in [-0.25, -0.2) is 0 Å². The Morgan fingerprint density at radius 1 is 1.04 bits per heavy atom. The van der Waals surface area contributed by atoms with E-state index < -0.39 is 0 Å². The van der Waals surface area contributed by atoms with E-state index in [1.165, 1.54) is 11.1 Å². The third-order valence-corrected chi connectivity index (χ3v) is 4.26. The monoisotopic (exact) mass is 339 g/mol. The molecule has 0 amide bonds. The normalized spacial score (nSPS) is 12.6. The van der Waals surface area contributed by atoms with Gasteiger partial charge in [0.1, 0.15) is 0 Å². The lowest BCUT2D eigenvalue weighted by atomic mass is 10.0. The number of ether oxygens (including phenoxy) is 1. The van der Waals surface area contributed by atoms with Crippen molar-refractivity contribution in [1.29, 1.82) is 0 Å². The highest BCUT2D eigenvalue weighted by molar-refractivity contribution is 5.50. The molecule has 134 valence electrons. The van der Waals surface area contributed by atoms with Crippen molar-refractivity contribution >= 4 is 6.08 Å². The van der Waals surface area contributed by atoms with Crippen LogP contribution in [0.25, 0.3) is 6.08 Å². The van der Waals surface area contributed by atoms with Gasteiger partial charge in [-0.15, -0.1) is 0 Å². The van der Waals surface area contributed by atoms with Gasteiger partial charge in [-0.3, -0.25) is 4.98 Å². The minimum atomic E-state index is -0.368. The summed E-state index contributed by atoms with van der Waals surface area (Å²) >= 11 is 0. The van der Waals surface area contributed by atoms with Crippen molar-refractivity contribution in [1.82, 2.24) is 4.98 Å². The minimum absolute atomic E-state index is 0.368. The predicted octanol–water partition coefficient (Wildman–Crippen LogP) is 4.45. The molecule has 1 unspecified atom stereocenters.